The highest BCUT2D eigenvalue weighted by Gasteiger charge is 2.17. The number of phenols is 1. The van der Waals surface area contributed by atoms with Crippen molar-refractivity contribution in [1.29, 1.82) is 0 Å². The number of phenolic OH excluding ortho intramolecular Hbond substituents is 1. The molecule has 158 valence electrons. The zero-order valence-electron chi connectivity index (χ0n) is 17.6. The van der Waals surface area contributed by atoms with Gasteiger partial charge in [0, 0.05) is 9.58 Å². The third-order valence-electron chi connectivity index (χ3n) is 5.49. The minimum Gasteiger partial charge on any atom is -0.508 e. The lowest BCUT2D eigenvalue weighted by Gasteiger charge is -2.10. The van der Waals surface area contributed by atoms with Crippen molar-refractivity contribution in [2.75, 3.05) is 13.1 Å². The molecule has 2 N–H and O–H groups in total. The van der Waals surface area contributed by atoms with Gasteiger partial charge in [0.15, 0.2) is 0 Å². The fourth-order valence-electron chi connectivity index (χ4n) is 3.78. The molecule has 3 aromatic carbocycles. The molecule has 0 bridgehead atoms. The van der Waals surface area contributed by atoms with Crippen LogP contribution in [-0.2, 0) is 12.8 Å². The molecule has 4 rings (SSSR count). The Kier molecular flexibility index (Phi) is 6.50. The number of hydrogen-bond acceptors (Lipinski definition) is 3. The Morgan fingerprint density at radius 2 is 1.71 bits per heavy atom. The lowest BCUT2D eigenvalue weighted by Crippen LogP contribution is -2.15. The van der Waals surface area contributed by atoms with Crippen LogP contribution in [0.25, 0.3) is 15.7 Å². The number of hydrogen-bond donors (Lipinski definition) is 2. The first kappa shape index (κ1) is 21.3. The van der Waals surface area contributed by atoms with Gasteiger partial charge in [0.05, 0.1) is 0 Å². The number of likely N-dealkylation sites (N-methyl/N-ethyl adjacent to an activating group) is 1. The predicted octanol–water partition coefficient (Wildman–Crippen LogP) is 6.55. The van der Waals surface area contributed by atoms with Crippen molar-refractivity contribution in [3.8, 4) is 5.75 Å². The van der Waals surface area contributed by atoms with E-state index in [1.54, 1.807) is 35.6 Å². The number of halogens is 1. The summed E-state index contributed by atoms with van der Waals surface area (Å²) in [6.07, 6.45) is 1.79. The van der Waals surface area contributed by atoms with Crippen molar-refractivity contribution >= 4 is 27.0 Å². The maximum absolute atomic E-state index is 13.4. The Labute approximate surface area is 186 Å². The van der Waals surface area contributed by atoms with Crippen molar-refractivity contribution in [1.82, 2.24) is 5.32 Å². The fourth-order valence-corrected chi connectivity index (χ4v) is 5.02. The Morgan fingerprint density at radius 1 is 1.00 bits per heavy atom. The van der Waals surface area contributed by atoms with Gasteiger partial charge in [-0.2, -0.15) is 0 Å². The van der Waals surface area contributed by atoms with Crippen LogP contribution < -0.4 is 5.32 Å². The summed E-state index contributed by atoms with van der Waals surface area (Å²) in [5, 5.41) is 14.4. The van der Waals surface area contributed by atoms with Crippen LogP contribution >= 0.6 is 11.3 Å². The zero-order valence-corrected chi connectivity index (χ0v) is 18.4. The van der Waals surface area contributed by atoms with Crippen molar-refractivity contribution in [3.05, 3.63) is 106 Å². The molecular weight excluding hydrogens is 405 g/mol. The number of thiophene rings is 1. The summed E-state index contributed by atoms with van der Waals surface area (Å²) in [7, 11) is 0. The van der Waals surface area contributed by atoms with Crippen LogP contribution in [0, 0.1) is 5.82 Å². The first-order valence-corrected chi connectivity index (χ1v) is 11.3. The molecule has 0 radical (unpaired) electrons. The molecule has 0 saturated heterocycles. The molecule has 0 fully saturated rings. The van der Waals surface area contributed by atoms with Gasteiger partial charge in [-0.15, -0.1) is 11.3 Å². The van der Waals surface area contributed by atoms with E-state index < -0.39 is 0 Å². The van der Waals surface area contributed by atoms with E-state index in [2.05, 4.69) is 43.1 Å². The Balaban J connectivity index is 1.68. The van der Waals surface area contributed by atoms with E-state index in [9.17, 15) is 9.50 Å². The lowest BCUT2D eigenvalue weighted by atomic mass is 9.96. The second-order valence-electron chi connectivity index (χ2n) is 7.67. The third kappa shape index (κ3) is 4.87. The van der Waals surface area contributed by atoms with Gasteiger partial charge in [0.1, 0.15) is 11.6 Å². The first-order valence-electron chi connectivity index (χ1n) is 10.5. The molecule has 31 heavy (non-hydrogen) atoms. The molecular formula is C27H26FNOS. The van der Waals surface area contributed by atoms with Gasteiger partial charge in [0.2, 0.25) is 0 Å². The van der Waals surface area contributed by atoms with Crippen molar-refractivity contribution < 1.29 is 9.50 Å². The lowest BCUT2D eigenvalue weighted by molar-refractivity contribution is 0.476. The van der Waals surface area contributed by atoms with Crippen molar-refractivity contribution in [3.63, 3.8) is 0 Å². The Bertz CT molecular complexity index is 1190. The highest BCUT2D eigenvalue weighted by atomic mass is 32.1. The Hall–Kier alpha value is -2.95. The molecule has 0 spiro atoms. The van der Waals surface area contributed by atoms with Gasteiger partial charge >= 0.3 is 0 Å². The van der Waals surface area contributed by atoms with E-state index >= 15 is 0 Å². The van der Waals surface area contributed by atoms with Crippen molar-refractivity contribution in [2.45, 2.75) is 19.8 Å². The molecule has 1 aromatic heterocycles. The topological polar surface area (TPSA) is 32.3 Å². The molecule has 2 nitrogen and oxygen atoms in total. The molecule has 0 aliphatic heterocycles. The molecule has 4 heteroatoms. The largest absolute Gasteiger partial charge is 0.508 e. The van der Waals surface area contributed by atoms with Crippen molar-refractivity contribution in [2.24, 2.45) is 0 Å². The molecule has 0 unspecified atom stereocenters. The van der Waals surface area contributed by atoms with E-state index in [1.165, 1.54) is 28.8 Å². The maximum atomic E-state index is 13.4. The average Bonchev–Trinajstić information content (AvgIpc) is 3.12. The number of fused-ring (bicyclic) bond motifs is 1. The van der Waals surface area contributed by atoms with Crippen LogP contribution in [0.4, 0.5) is 4.39 Å². The van der Waals surface area contributed by atoms with Gasteiger partial charge in [-0.1, -0.05) is 49.9 Å². The average molecular weight is 432 g/mol. The second kappa shape index (κ2) is 9.46. The van der Waals surface area contributed by atoms with Crippen LogP contribution in [0.15, 0.2) is 73.3 Å². The molecule has 4 aromatic rings. The SMILES string of the molecule is C=C(c1ccc(F)cc1)c1sc2cc(O)ccc2c1Cc1ccc(CCNCC)cc1. The van der Waals surface area contributed by atoms with E-state index in [-0.39, 0.29) is 11.6 Å². The zero-order chi connectivity index (χ0) is 21.8. The smallest absolute Gasteiger partial charge is 0.123 e. The van der Waals surface area contributed by atoms with Crippen LogP contribution in [0.5, 0.6) is 5.75 Å². The molecule has 0 atom stereocenters. The monoisotopic (exact) mass is 431 g/mol. The standard InChI is InChI=1S/C27H26FNOS/c1-3-29-15-14-19-4-6-20(7-5-19)16-25-24-13-12-23(30)17-26(24)31-27(25)18(2)21-8-10-22(28)11-9-21/h4-13,17,29-30H,2-3,14-16H2,1H3. The molecule has 0 aliphatic carbocycles. The van der Waals surface area contributed by atoms with Crippen LogP contribution in [-0.4, -0.2) is 18.2 Å². The second-order valence-corrected chi connectivity index (χ2v) is 8.72. The summed E-state index contributed by atoms with van der Waals surface area (Å²) in [4.78, 5) is 1.07. The normalized spacial score (nSPS) is 11.2. The van der Waals surface area contributed by atoms with Gasteiger partial charge in [0.25, 0.3) is 0 Å². The third-order valence-corrected chi connectivity index (χ3v) is 6.74. The highest BCUT2D eigenvalue weighted by Crippen LogP contribution is 2.40. The molecule has 0 saturated carbocycles. The van der Waals surface area contributed by atoms with Gasteiger partial charge in [-0.3, -0.25) is 0 Å². The fraction of sp³-hybridized carbons (Fsp3) is 0.185. The van der Waals surface area contributed by atoms with Gasteiger partial charge in [-0.25, -0.2) is 4.39 Å². The highest BCUT2D eigenvalue weighted by molar-refractivity contribution is 7.20. The minimum absolute atomic E-state index is 0.254. The summed E-state index contributed by atoms with van der Waals surface area (Å²) in [5.74, 6) is -0.00320. The summed E-state index contributed by atoms with van der Waals surface area (Å²) < 4.78 is 14.4. The number of aromatic hydroxyl groups is 1. The van der Waals surface area contributed by atoms with Crippen LogP contribution in [0.2, 0.25) is 0 Å². The van der Waals surface area contributed by atoms with E-state index in [1.807, 2.05) is 6.07 Å². The molecule has 0 aliphatic rings. The quantitative estimate of drug-likeness (QED) is 0.310. The number of rotatable bonds is 8. The first-order chi connectivity index (χ1) is 15.0. The summed E-state index contributed by atoms with van der Waals surface area (Å²) in [5.41, 5.74) is 5.51. The van der Waals surface area contributed by atoms with Gasteiger partial charge in [-0.05, 0) is 89.5 Å². The van der Waals surface area contributed by atoms with E-state index in [0.717, 1.165) is 52.0 Å². The predicted molar refractivity (Wildman–Crippen MR) is 130 cm³/mol. The summed E-state index contributed by atoms with van der Waals surface area (Å²) in [6, 6.07) is 20.7. The summed E-state index contributed by atoms with van der Waals surface area (Å²) in [6.45, 7) is 8.40. The molecule has 0 amide bonds. The van der Waals surface area contributed by atoms with Crippen LogP contribution in [0.1, 0.15) is 34.1 Å². The minimum atomic E-state index is -0.257. The summed E-state index contributed by atoms with van der Waals surface area (Å²) >= 11 is 1.62. The van der Waals surface area contributed by atoms with Gasteiger partial charge < -0.3 is 10.4 Å². The molecule has 1 heterocycles. The van der Waals surface area contributed by atoms with E-state index in [0.29, 0.717) is 0 Å². The van der Waals surface area contributed by atoms with E-state index in [4.69, 9.17) is 0 Å². The van der Waals surface area contributed by atoms with Crippen LogP contribution in [0.3, 0.4) is 0 Å². The Morgan fingerprint density at radius 3 is 2.42 bits per heavy atom. The maximum Gasteiger partial charge on any atom is 0.123 e. The number of benzene rings is 3. The number of nitrogens with one attached hydrogen (secondary N) is 1.